The Kier molecular flexibility index (Phi) is 4.38. The smallest absolute Gasteiger partial charge is 0.229 e. The SMILES string of the molecule is Cc1cccc(O[C@@H]2O[C@H](CO)[C@H](O)[C@H](O)[C@H]2O)c1. The molecular formula is C13H18O6. The van der Waals surface area contributed by atoms with Gasteiger partial charge in [-0.1, -0.05) is 12.1 Å². The highest BCUT2D eigenvalue weighted by Gasteiger charge is 2.44. The molecule has 1 aliphatic heterocycles. The van der Waals surface area contributed by atoms with Gasteiger partial charge in [0.2, 0.25) is 6.29 Å². The lowest BCUT2D eigenvalue weighted by molar-refractivity contribution is -0.277. The number of aliphatic hydroxyl groups is 4. The van der Waals surface area contributed by atoms with Crippen LogP contribution in [0.5, 0.6) is 5.75 Å². The van der Waals surface area contributed by atoms with Crippen molar-refractivity contribution in [2.24, 2.45) is 0 Å². The van der Waals surface area contributed by atoms with Gasteiger partial charge in [-0.2, -0.15) is 0 Å². The van der Waals surface area contributed by atoms with E-state index in [9.17, 15) is 15.3 Å². The molecule has 5 atom stereocenters. The van der Waals surface area contributed by atoms with Gasteiger partial charge in [0, 0.05) is 0 Å². The van der Waals surface area contributed by atoms with E-state index in [0.29, 0.717) is 5.75 Å². The van der Waals surface area contributed by atoms with Gasteiger partial charge in [-0.05, 0) is 24.6 Å². The van der Waals surface area contributed by atoms with Crippen molar-refractivity contribution in [1.29, 1.82) is 0 Å². The van der Waals surface area contributed by atoms with Crippen LogP contribution >= 0.6 is 0 Å². The maximum atomic E-state index is 9.81. The second kappa shape index (κ2) is 5.85. The topological polar surface area (TPSA) is 99.4 Å². The normalized spacial score (nSPS) is 35.1. The van der Waals surface area contributed by atoms with Gasteiger partial charge in [-0.3, -0.25) is 0 Å². The number of hydrogen-bond donors (Lipinski definition) is 4. The van der Waals surface area contributed by atoms with Gasteiger partial charge in [-0.25, -0.2) is 0 Å². The van der Waals surface area contributed by atoms with E-state index in [4.69, 9.17) is 14.6 Å². The standard InChI is InChI=1S/C13H18O6/c1-7-3-2-4-8(5-7)18-13-12(17)11(16)10(15)9(6-14)19-13/h2-5,9-17H,6H2,1H3/t9-,10+,11+,12-,13-/m1/s1. The average Bonchev–Trinajstić information content (AvgIpc) is 2.39. The van der Waals surface area contributed by atoms with Crippen LogP contribution in [0.4, 0.5) is 0 Å². The highest BCUT2D eigenvalue weighted by molar-refractivity contribution is 5.27. The summed E-state index contributed by atoms with van der Waals surface area (Å²) >= 11 is 0. The Morgan fingerprint density at radius 2 is 1.89 bits per heavy atom. The van der Waals surface area contributed by atoms with Crippen LogP contribution in [0, 0.1) is 6.92 Å². The highest BCUT2D eigenvalue weighted by atomic mass is 16.7. The molecule has 2 rings (SSSR count). The van der Waals surface area contributed by atoms with Crippen LogP contribution in [-0.4, -0.2) is 57.7 Å². The largest absolute Gasteiger partial charge is 0.462 e. The number of benzene rings is 1. The minimum absolute atomic E-state index is 0.474. The number of aliphatic hydroxyl groups excluding tert-OH is 4. The maximum absolute atomic E-state index is 9.81. The number of rotatable bonds is 3. The van der Waals surface area contributed by atoms with Crippen LogP contribution in [0.2, 0.25) is 0 Å². The van der Waals surface area contributed by atoms with Crippen molar-refractivity contribution in [3.8, 4) is 5.75 Å². The molecule has 6 heteroatoms. The van der Waals surface area contributed by atoms with E-state index in [1.807, 2.05) is 13.0 Å². The quantitative estimate of drug-likeness (QED) is 0.572. The van der Waals surface area contributed by atoms with Crippen molar-refractivity contribution in [3.05, 3.63) is 29.8 Å². The summed E-state index contributed by atoms with van der Waals surface area (Å²) in [6.45, 7) is 1.42. The minimum Gasteiger partial charge on any atom is -0.462 e. The van der Waals surface area contributed by atoms with Crippen LogP contribution in [-0.2, 0) is 4.74 Å². The Balaban J connectivity index is 2.10. The Morgan fingerprint density at radius 3 is 2.53 bits per heavy atom. The third kappa shape index (κ3) is 3.05. The molecule has 1 aromatic carbocycles. The zero-order valence-electron chi connectivity index (χ0n) is 10.5. The van der Waals surface area contributed by atoms with E-state index in [2.05, 4.69) is 0 Å². The fourth-order valence-electron chi connectivity index (χ4n) is 1.99. The van der Waals surface area contributed by atoms with Crippen molar-refractivity contribution in [3.63, 3.8) is 0 Å². The highest BCUT2D eigenvalue weighted by Crippen LogP contribution is 2.24. The lowest BCUT2D eigenvalue weighted by Gasteiger charge is -2.39. The Labute approximate surface area is 110 Å². The molecule has 0 unspecified atom stereocenters. The van der Waals surface area contributed by atoms with E-state index < -0.39 is 37.3 Å². The maximum Gasteiger partial charge on any atom is 0.229 e. The molecule has 1 heterocycles. The van der Waals surface area contributed by atoms with E-state index >= 15 is 0 Å². The first-order valence-corrected chi connectivity index (χ1v) is 6.07. The Bertz CT molecular complexity index is 421. The Morgan fingerprint density at radius 1 is 1.16 bits per heavy atom. The van der Waals surface area contributed by atoms with Crippen molar-refractivity contribution >= 4 is 0 Å². The van der Waals surface area contributed by atoms with Gasteiger partial charge < -0.3 is 29.9 Å². The van der Waals surface area contributed by atoms with Gasteiger partial charge in [0.05, 0.1) is 6.61 Å². The molecule has 106 valence electrons. The number of hydrogen-bond acceptors (Lipinski definition) is 6. The molecule has 6 nitrogen and oxygen atoms in total. The summed E-state index contributed by atoms with van der Waals surface area (Å²) in [6.07, 6.45) is -6.30. The van der Waals surface area contributed by atoms with Gasteiger partial charge in [-0.15, -0.1) is 0 Å². The van der Waals surface area contributed by atoms with Crippen LogP contribution in [0.3, 0.4) is 0 Å². The van der Waals surface area contributed by atoms with Gasteiger partial charge >= 0.3 is 0 Å². The van der Waals surface area contributed by atoms with Gasteiger partial charge in [0.15, 0.2) is 0 Å². The molecule has 1 aromatic rings. The first kappa shape index (κ1) is 14.2. The van der Waals surface area contributed by atoms with E-state index in [1.165, 1.54) is 0 Å². The van der Waals surface area contributed by atoms with Crippen LogP contribution < -0.4 is 4.74 Å². The molecular weight excluding hydrogens is 252 g/mol. The minimum atomic E-state index is -1.43. The van der Waals surface area contributed by atoms with Gasteiger partial charge in [0.25, 0.3) is 0 Å². The second-order valence-electron chi connectivity index (χ2n) is 4.63. The van der Waals surface area contributed by atoms with E-state index in [0.717, 1.165) is 5.56 Å². The lowest BCUT2D eigenvalue weighted by atomic mass is 9.99. The zero-order valence-corrected chi connectivity index (χ0v) is 10.5. The first-order valence-electron chi connectivity index (χ1n) is 6.07. The first-order chi connectivity index (χ1) is 9.02. The predicted molar refractivity (Wildman–Crippen MR) is 65.6 cm³/mol. The van der Waals surface area contributed by atoms with E-state index in [-0.39, 0.29) is 0 Å². The van der Waals surface area contributed by atoms with Gasteiger partial charge in [0.1, 0.15) is 30.2 Å². The third-order valence-corrected chi connectivity index (χ3v) is 3.09. The molecule has 0 saturated carbocycles. The molecule has 1 aliphatic rings. The molecule has 0 radical (unpaired) electrons. The summed E-state index contributed by atoms with van der Waals surface area (Å²) in [4.78, 5) is 0. The average molecular weight is 270 g/mol. The summed E-state index contributed by atoms with van der Waals surface area (Å²) in [5.74, 6) is 0.476. The van der Waals surface area contributed by atoms with Crippen molar-refractivity contribution in [2.75, 3.05) is 6.61 Å². The third-order valence-electron chi connectivity index (χ3n) is 3.09. The number of aryl methyl sites for hydroxylation is 1. The molecule has 19 heavy (non-hydrogen) atoms. The summed E-state index contributed by atoms with van der Waals surface area (Å²) in [5.41, 5.74) is 0.974. The fraction of sp³-hybridized carbons (Fsp3) is 0.538. The molecule has 0 aromatic heterocycles. The van der Waals surface area contributed by atoms with E-state index in [1.54, 1.807) is 18.2 Å². The fourth-order valence-corrected chi connectivity index (χ4v) is 1.99. The molecule has 0 bridgehead atoms. The molecule has 4 N–H and O–H groups in total. The molecule has 0 amide bonds. The summed E-state index contributed by atoms with van der Waals surface area (Å²) in [5, 5.41) is 38.1. The van der Waals surface area contributed by atoms with Crippen molar-refractivity contribution in [2.45, 2.75) is 37.6 Å². The molecule has 1 fully saturated rings. The summed E-state index contributed by atoms with van der Waals surface area (Å²) in [6, 6.07) is 7.12. The van der Waals surface area contributed by atoms with Crippen LogP contribution in [0.25, 0.3) is 0 Å². The predicted octanol–water partition coefficient (Wildman–Crippen LogP) is -0.826. The van der Waals surface area contributed by atoms with Crippen LogP contribution in [0.15, 0.2) is 24.3 Å². The zero-order chi connectivity index (χ0) is 14.0. The molecule has 1 saturated heterocycles. The van der Waals surface area contributed by atoms with Crippen LogP contribution in [0.1, 0.15) is 5.56 Å². The summed E-state index contributed by atoms with van der Waals surface area (Å²) < 4.78 is 10.7. The monoisotopic (exact) mass is 270 g/mol. The molecule has 0 aliphatic carbocycles. The molecule has 0 spiro atoms. The number of ether oxygens (including phenoxy) is 2. The summed E-state index contributed by atoms with van der Waals surface area (Å²) in [7, 11) is 0. The Hall–Kier alpha value is -1.18. The van der Waals surface area contributed by atoms with Crippen molar-refractivity contribution in [1.82, 2.24) is 0 Å². The lowest BCUT2D eigenvalue weighted by Crippen LogP contribution is -2.60. The second-order valence-corrected chi connectivity index (χ2v) is 4.63. The van der Waals surface area contributed by atoms with Crippen molar-refractivity contribution < 1.29 is 29.9 Å².